The maximum absolute atomic E-state index is 12.8. The molecular weight excluding hydrogens is 448 g/mol. The fourth-order valence-corrected chi connectivity index (χ4v) is 4.55. The number of carbonyl (C=O) groups is 2. The number of unbranched alkanes of at least 4 members (excludes halogenated alkanes) is 13. The first-order chi connectivity index (χ1) is 16.9. The minimum atomic E-state index is -0.810. The van der Waals surface area contributed by atoms with Crippen molar-refractivity contribution in [3.8, 4) is 5.75 Å². The lowest BCUT2D eigenvalue weighted by atomic mass is 9.78. The van der Waals surface area contributed by atoms with E-state index in [1.807, 2.05) is 41.5 Å². The summed E-state index contributed by atoms with van der Waals surface area (Å²) in [5.74, 6) is -1.26. The molecule has 0 amide bonds. The van der Waals surface area contributed by atoms with E-state index in [4.69, 9.17) is 4.74 Å². The van der Waals surface area contributed by atoms with E-state index in [2.05, 4.69) is 6.92 Å². The second-order valence-electron chi connectivity index (χ2n) is 12.5. The molecule has 0 aliphatic heterocycles. The molecule has 1 aromatic carbocycles. The Morgan fingerprint density at radius 1 is 0.667 bits per heavy atom. The Balaban J connectivity index is 2.34. The summed E-state index contributed by atoms with van der Waals surface area (Å²) in [5.41, 5.74) is 0.890. The zero-order valence-electron chi connectivity index (χ0n) is 24.4. The van der Waals surface area contributed by atoms with Gasteiger partial charge in [0.1, 0.15) is 5.75 Å². The molecule has 1 N–H and O–H groups in total. The van der Waals surface area contributed by atoms with Crippen molar-refractivity contribution < 1.29 is 19.4 Å². The van der Waals surface area contributed by atoms with E-state index in [9.17, 15) is 14.7 Å². The number of phenols is 1. The Bertz CT molecular complexity index is 760. The van der Waals surface area contributed by atoms with Gasteiger partial charge in [-0.05, 0) is 29.4 Å². The number of esters is 1. The van der Waals surface area contributed by atoms with Crippen LogP contribution in [0.15, 0.2) is 12.1 Å². The molecule has 0 heterocycles. The van der Waals surface area contributed by atoms with Crippen LogP contribution in [-0.2, 0) is 20.4 Å². The summed E-state index contributed by atoms with van der Waals surface area (Å²) in [6.45, 7) is 14.4. The normalized spacial score (nSPS) is 12.1. The lowest BCUT2D eigenvalue weighted by Crippen LogP contribution is -2.22. The van der Waals surface area contributed by atoms with Crippen LogP contribution in [0.3, 0.4) is 0 Å². The summed E-state index contributed by atoms with van der Waals surface area (Å²) in [7, 11) is 0. The largest absolute Gasteiger partial charge is 0.507 e. The predicted molar refractivity (Wildman–Crippen MR) is 151 cm³/mol. The Morgan fingerprint density at radius 3 is 1.39 bits per heavy atom. The molecule has 0 aliphatic carbocycles. The van der Waals surface area contributed by atoms with Crippen molar-refractivity contribution in [2.45, 2.75) is 149 Å². The first-order valence-corrected chi connectivity index (χ1v) is 14.5. The van der Waals surface area contributed by atoms with Gasteiger partial charge in [-0.15, -0.1) is 0 Å². The molecule has 0 unspecified atom stereocenters. The summed E-state index contributed by atoms with van der Waals surface area (Å²) in [6, 6.07) is 3.28. The van der Waals surface area contributed by atoms with Crippen molar-refractivity contribution in [1.82, 2.24) is 0 Å². The minimum Gasteiger partial charge on any atom is -0.507 e. The van der Waals surface area contributed by atoms with Crippen LogP contribution in [0.5, 0.6) is 5.75 Å². The lowest BCUT2D eigenvalue weighted by Gasteiger charge is -2.27. The van der Waals surface area contributed by atoms with E-state index in [0.717, 1.165) is 19.3 Å². The molecule has 36 heavy (non-hydrogen) atoms. The Hall–Kier alpha value is -1.84. The maximum Gasteiger partial charge on any atom is 0.379 e. The van der Waals surface area contributed by atoms with Crippen LogP contribution in [0, 0.1) is 0 Å². The topological polar surface area (TPSA) is 63.6 Å². The Morgan fingerprint density at radius 2 is 1.03 bits per heavy atom. The smallest absolute Gasteiger partial charge is 0.379 e. The first-order valence-electron chi connectivity index (χ1n) is 14.5. The van der Waals surface area contributed by atoms with Crippen LogP contribution in [-0.4, -0.2) is 23.5 Å². The van der Waals surface area contributed by atoms with E-state index < -0.39 is 11.8 Å². The van der Waals surface area contributed by atoms with Crippen LogP contribution in [0.4, 0.5) is 0 Å². The molecule has 4 nitrogen and oxygen atoms in total. The van der Waals surface area contributed by atoms with Gasteiger partial charge in [0.15, 0.2) is 0 Å². The van der Waals surface area contributed by atoms with Gasteiger partial charge in [0.2, 0.25) is 0 Å². The van der Waals surface area contributed by atoms with E-state index in [1.54, 1.807) is 12.1 Å². The second kappa shape index (κ2) is 16.1. The molecule has 4 heteroatoms. The molecule has 0 bridgehead atoms. The van der Waals surface area contributed by atoms with Gasteiger partial charge in [0.05, 0.1) is 6.61 Å². The van der Waals surface area contributed by atoms with E-state index in [-0.39, 0.29) is 28.7 Å². The Labute approximate surface area is 221 Å². The quantitative estimate of drug-likeness (QED) is 0.0998. The van der Waals surface area contributed by atoms with Gasteiger partial charge in [0, 0.05) is 16.7 Å². The summed E-state index contributed by atoms with van der Waals surface area (Å²) in [5, 5.41) is 10.8. The standard InChI is InChI=1S/C32H54O4/c1-8-9-10-11-12-13-14-15-16-17-18-19-20-21-22-36-30(35)28(33)25-23-26(31(2,3)4)29(34)27(24-25)32(5,6)7/h23-24,34H,8-22H2,1-7H3. The third kappa shape index (κ3) is 11.9. The summed E-state index contributed by atoms with van der Waals surface area (Å²) in [6.07, 6.45) is 17.7. The van der Waals surface area contributed by atoms with Crippen molar-refractivity contribution >= 4 is 11.8 Å². The molecular formula is C32H54O4. The molecule has 0 atom stereocenters. The number of hydrogen-bond donors (Lipinski definition) is 1. The minimum absolute atomic E-state index is 0.197. The highest BCUT2D eigenvalue weighted by molar-refractivity contribution is 6.40. The van der Waals surface area contributed by atoms with Crippen molar-refractivity contribution in [3.05, 3.63) is 28.8 Å². The highest BCUT2D eigenvalue weighted by atomic mass is 16.5. The fourth-order valence-electron chi connectivity index (χ4n) is 4.55. The molecule has 1 aromatic rings. The van der Waals surface area contributed by atoms with Gasteiger partial charge in [0.25, 0.3) is 5.78 Å². The van der Waals surface area contributed by atoms with Crippen molar-refractivity contribution in [2.75, 3.05) is 6.61 Å². The molecule has 0 spiro atoms. The van der Waals surface area contributed by atoms with E-state index >= 15 is 0 Å². The van der Waals surface area contributed by atoms with E-state index in [1.165, 1.54) is 70.6 Å². The number of rotatable bonds is 17. The van der Waals surface area contributed by atoms with Crippen LogP contribution in [0.1, 0.15) is 160 Å². The molecule has 0 aromatic heterocycles. The molecule has 1 rings (SSSR count). The summed E-state index contributed by atoms with van der Waals surface area (Å²) >= 11 is 0. The van der Waals surface area contributed by atoms with Gasteiger partial charge < -0.3 is 9.84 Å². The molecule has 0 saturated heterocycles. The van der Waals surface area contributed by atoms with Crippen molar-refractivity contribution in [2.24, 2.45) is 0 Å². The van der Waals surface area contributed by atoms with Gasteiger partial charge in [-0.3, -0.25) is 4.79 Å². The molecule has 0 saturated carbocycles. The maximum atomic E-state index is 12.8. The molecule has 206 valence electrons. The zero-order valence-corrected chi connectivity index (χ0v) is 24.4. The number of Topliss-reactive ketones (excluding diaryl/α,β-unsaturated/α-hetero) is 1. The SMILES string of the molecule is CCCCCCCCCCCCCCCCOC(=O)C(=O)c1cc(C(C)(C)C)c(O)c(C(C)(C)C)c1. The van der Waals surface area contributed by atoms with Crippen LogP contribution < -0.4 is 0 Å². The third-order valence-corrected chi connectivity index (χ3v) is 6.90. The number of benzene rings is 1. The zero-order chi connectivity index (χ0) is 27.2. The fraction of sp³-hybridized carbons (Fsp3) is 0.750. The van der Waals surface area contributed by atoms with Gasteiger partial charge >= 0.3 is 5.97 Å². The lowest BCUT2D eigenvalue weighted by molar-refractivity contribution is -0.138. The highest BCUT2D eigenvalue weighted by Crippen LogP contribution is 2.39. The summed E-state index contributed by atoms with van der Waals surface area (Å²) < 4.78 is 5.30. The van der Waals surface area contributed by atoms with Crippen molar-refractivity contribution in [1.29, 1.82) is 0 Å². The molecule has 0 radical (unpaired) electrons. The average Bonchev–Trinajstić information content (AvgIpc) is 2.79. The first kappa shape index (κ1) is 32.2. The Kier molecular flexibility index (Phi) is 14.4. The van der Waals surface area contributed by atoms with Crippen LogP contribution in [0.25, 0.3) is 0 Å². The monoisotopic (exact) mass is 502 g/mol. The van der Waals surface area contributed by atoms with E-state index in [0.29, 0.717) is 11.1 Å². The number of hydrogen-bond acceptors (Lipinski definition) is 4. The van der Waals surface area contributed by atoms with Gasteiger partial charge in [-0.2, -0.15) is 0 Å². The average molecular weight is 503 g/mol. The highest BCUT2D eigenvalue weighted by Gasteiger charge is 2.29. The van der Waals surface area contributed by atoms with Gasteiger partial charge in [-0.25, -0.2) is 4.79 Å². The number of carbonyl (C=O) groups excluding carboxylic acids is 2. The van der Waals surface area contributed by atoms with Gasteiger partial charge in [-0.1, -0.05) is 132 Å². The number of ketones is 1. The number of aromatic hydroxyl groups is 1. The van der Waals surface area contributed by atoms with Crippen LogP contribution in [0.2, 0.25) is 0 Å². The molecule has 0 fully saturated rings. The van der Waals surface area contributed by atoms with Crippen molar-refractivity contribution in [3.63, 3.8) is 0 Å². The summed E-state index contributed by atoms with van der Waals surface area (Å²) in [4.78, 5) is 25.3. The second-order valence-corrected chi connectivity index (χ2v) is 12.5. The third-order valence-electron chi connectivity index (χ3n) is 6.90. The molecule has 0 aliphatic rings. The van der Waals surface area contributed by atoms with Crippen LogP contribution >= 0.6 is 0 Å². The predicted octanol–water partition coefficient (Wildman–Crippen LogP) is 9.19. The number of phenolic OH excluding ortho intramolecular Hbond substituents is 1. The number of ether oxygens (including phenoxy) is 1.